The molecule has 0 fully saturated rings. The Balaban J connectivity index is 2.17. The van der Waals surface area contributed by atoms with E-state index in [1.807, 2.05) is 25.3 Å². The second-order valence-corrected chi connectivity index (χ2v) is 4.47. The first-order chi connectivity index (χ1) is 8.69. The van der Waals surface area contributed by atoms with Crippen LogP contribution in [0.3, 0.4) is 0 Å². The van der Waals surface area contributed by atoms with Crippen molar-refractivity contribution in [2.75, 3.05) is 7.11 Å². The van der Waals surface area contributed by atoms with Crippen molar-refractivity contribution in [3.05, 3.63) is 48.2 Å². The molecule has 1 atom stereocenters. The summed E-state index contributed by atoms with van der Waals surface area (Å²) < 4.78 is 5.04. The summed E-state index contributed by atoms with van der Waals surface area (Å²) in [7, 11) is 1.62. The van der Waals surface area contributed by atoms with Crippen LogP contribution in [0.2, 0.25) is 0 Å². The lowest BCUT2D eigenvalue weighted by Gasteiger charge is -2.07. The molecule has 1 unspecified atom stereocenters. The van der Waals surface area contributed by atoms with Crippen LogP contribution < -0.4 is 10.5 Å². The number of pyridine rings is 1. The number of nitrogens with zero attached hydrogens (tertiary/aromatic N) is 1. The van der Waals surface area contributed by atoms with Crippen molar-refractivity contribution < 1.29 is 4.74 Å². The molecule has 2 N–H and O–H groups in total. The quantitative estimate of drug-likeness (QED) is 0.896. The second-order valence-electron chi connectivity index (χ2n) is 4.47. The van der Waals surface area contributed by atoms with E-state index in [2.05, 4.69) is 29.2 Å². The zero-order valence-corrected chi connectivity index (χ0v) is 10.8. The van der Waals surface area contributed by atoms with E-state index in [-0.39, 0.29) is 6.04 Å². The van der Waals surface area contributed by atoms with Crippen LogP contribution in [0.1, 0.15) is 12.5 Å². The molecule has 3 nitrogen and oxygen atoms in total. The lowest BCUT2D eigenvalue weighted by Crippen LogP contribution is -2.17. The Kier molecular flexibility index (Phi) is 3.95. The Hall–Kier alpha value is -1.87. The summed E-state index contributed by atoms with van der Waals surface area (Å²) in [6.45, 7) is 2.02. The number of ether oxygens (including phenoxy) is 1. The van der Waals surface area contributed by atoms with Gasteiger partial charge in [0.25, 0.3) is 0 Å². The van der Waals surface area contributed by atoms with Crippen LogP contribution in [0.25, 0.3) is 11.1 Å². The summed E-state index contributed by atoms with van der Waals surface area (Å²) in [5.41, 5.74) is 9.28. The molecule has 2 rings (SSSR count). The SMILES string of the molecule is COc1ccc(-c2ccc(CC(C)N)cc2)cn1. The molecule has 18 heavy (non-hydrogen) atoms. The largest absolute Gasteiger partial charge is 0.481 e. The first kappa shape index (κ1) is 12.6. The van der Waals surface area contributed by atoms with Gasteiger partial charge in [0.2, 0.25) is 5.88 Å². The van der Waals surface area contributed by atoms with E-state index in [4.69, 9.17) is 10.5 Å². The minimum Gasteiger partial charge on any atom is -0.481 e. The number of hydrogen-bond donors (Lipinski definition) is 1. The van der Waals surface area contributed by atoms with Gasteiger partial charge in [-0.3, -0.25) is 0 Å². The van der Waals surface area contributed by atoms with E-state index in [0.717, 1.165) is 17.5 Å². The fourth-order valence-corrected chi connectivity index (χ4v) is 1.88. The van der Waals surface area contributed by atoms with Gasteiger partial charge in [-0.05, 0) is 30.5 Å². The molecule has 1 aromatic carbocycles. The van der Waals surface area contributed by atoms with Crippen molar-refractivity contribution in [1.82, 2.24) is 4.98 Å². The molecule has 1 heterocycles. The monoisotopic (exact) mass is 242 g/mol. The maximum Gasteiger partial charge on any atom is 0.212 e. The van der Waals surface area contributed by atoms with Gasteiger partial charge < -0.3 is 10.5 Å². The van der Waals surface area contributed by atoms with Crippen molar-refractivity contribution in [1.29, 1.82) is 0 Å². The van der Waals surface area contributed by atoms with Gasteiger partial charge in [0.15, 0.2) is 0 Å². The van der Waals surface area contributed by atoms with Crippen molar-refractivity contribution in [2.45, 2.75) is 19.4 Å². The van der Waals surface area contributed by atoms with Gasteiger partial charge in [0.1, 0.15) is 0 Å². The Bertz CT molecular complexity index is 489. The molecule has 0 aliphatic carbocycles. The molecule has 2 aromatic rings. The van der Waals surface area contributed by atoms with Gasteiger partial charge in [0, 0.05) is 23.9 Å². The fourth-order valence-electron chi connectivity index (χ4n) is 1.88. The molecule has 0 radical (unpaired) electrons. The molecule has 0 saturated heterocycles. The number of nitrogens with two attached hydrogens (primary N) is 1. The van der Waals surface area contributed by atoms with Crippen molar-refractivity contribution >= 4 is 0 Å². The average Bonchev–Trinajstić information content (AvgIpc) is 2.39. The van der Waals surface area contributed by atoms with Crippen LogP contribution >= 0.6 is 0 Å². The fraction of sp³-hybridized carbons (Fsp3) is 0.267. The number of methoxy groups -OCH3 is 1. The third kappa shape index (κ3) is 3.08. The van der Waals surface area contributed by atoms with E-state index >= 15 is 0 Å². The predicted molar refractivity (Wildman–Crippen MR) is 73.6 cm³/mol. The average molecular weight is 242 g/mol. The van der Waals surface area contributed by atoms with Crippen molar-refractivity contribution in [2.24, 2.45) is 5.73 Å². The van der Waals surface area contributed by atoms with Gasteiger partial charge in [-0.25, -0.2) is 4.98 Å². The highest BCUT2D eigenvalue weighted by Crippen LogP contribution is 2.21. The lowest BCUT2D eigenvalue weighted by atomic mass is 10.0. The second kappa shape index (κ2) is 5.65. The highest BCUT2D eigenvalue weighted by Gasteiger charge is 2.01. The van der Waals surface area contributed by atoms with Crippen LogP contribution in [-0.4, -0.2) is 18.1 Å². The van der Waals surface area contributed by atoms with E-state index in [0.29, 0.717) is 5.88 Å². The highest BCUT2D eigenvalue weighted by molar-refractivity contribution is 5.63. The van der Waals surface area contributed by atoms with Gasteiger partial charge in [-0.2, -0.15) is 0 Å². The molecule has 0 aliphatic heterocycles. The molecule has 0 aliphatic rings. The van der Waals surface area contributed by atoms with E-state index in [1.165, 1.54) is 5.56 Å². The minimum atomic E-state index is 0.193. The summed E-state index contributed by atoms with van der Waals surface area (Å²) >= 11 is 0. The smallest absolute Gasteiger partial charge is 0.212 e. The van der Waals surface area contributed by atoms with E-state index in [1.54, 1.807) is 7.11 Å². The topological polar surface area (TPSA) is 48.1 Å². The Morgan fingerprint density at radius 3 is 2.28 bits per heavy atom. The number of benzene rings is 1. The maximum absolute atomic E-state index is 5.78. The van der Waals surface area contributed by atoms with Gasteiger partial charge in [-0.1, -0.05) is 24.3 Å². The van der Waals surface area contributed by atoms with Gasteiger partial charge in [0.05, 0.1) is 7.11 Å². The predicted octanol–water partition coefficient (Wildman–Crippen LogP) is 2.65. The molecular formula is C15H18N2O. The standard InChI is InChI=1S/C15H18N2O/c1-11(16)9-12-3-5-13(6-4-12)14-7-8-15(18-2)17-10-14/h3-8,10-11H,9,16H2,1-2H3. The molecule has 94 valence electrons. The molecule has 3 heteroatoms. The van der Waals surface area contributed by atoms with E-state index < -0.39 is 0 Å². The van der Waals surface area contributed by atoms with Crippen LogP contribution in [0.15, 0.2) is 42.6 Å². The summed E-state index contributed by atoms with van der Waals surface area (Å²) in [6.07, 6.45) is 2.72. The normalized spacial score (nSPS) is 12.2. The first-order valence-corrected chi connectivity index (χ1v) is 6.04. The Labute approximate surface area is 108 Å². The minimum absolute atomic E-state index is 0.193. The van der Waals surface area contributed by atoms with Crippen molar-refractivity contribution in [3.63, 3.8) is 0 Å². The summed E-state index contributed by atoms with van der Waals surface area (Å²) in [5.74, 6) is 0.632. The molecule has 0 spiro atoms. The zero-order valence-electron chi connectivity index (χ0n) is 10.8. The Morgan fingerprint density at radius 1 is 1.11 bits per heavy atom. The maximum atomic E-state index is 5.78. The number of aromatic nitrogens is 1. The van der Waals surface area contributed by atoms with Crippen molar-refractivity contribution in [3.8, 4) is 17.0 Å². The van der Waals surface area contributed by atoms with Crippen LogP contribution in [0.5, 0.6) is 5.88 Å². The van der Waals surface area contributed by atoms with Gasteiger partial charge in [-0.15, -0.1) is 0 Å². The van der Waals surface area contributed by atoms with Crippen LogP contribution in [0.4, 0.5) is 0 Å². The first-order valence-electron chi connectivity index (χ1n) is 6.04. The molecule has 0 saturated carbocycles. The summed E-state index contributed by atoms with van der Waals surface area (Å²) in [4.78, 5) is 4.20. The zero-order chi connectivity index (χ0) is 13.0. The molecule has 0 bridgehead atoms. The Morgan fingerprint density at radius 2 is 1.78 bits per heavy atom. The van der Waals surface area contributed by atoms with Gasteiger partial charge >= 0.3 is 0 Å². The number of rotatable bonds is 4. The molecular weight excluding hydrogens is 224 g/mol. The van der Waals surface area contributed by atoms with E-state index in [9.17, 15) is 0 Å². The summed E-state index contributed by atoms with van der Waals surface area (Å²) in [5, 5.41) is 0. The highest BCUT2D eigenvalue weighted by atomic mass is 16.5. The third-order valence-electron chi connectivity index (χ3n) is 2.79. The lowest BCUT2D eigenvalue weighted by molar-refractivity contribution is 0.398. The van der Waals surface area contributed by atoms with Crippen LogP contribution in [0, 0.1) is 0 Å². The van der Waals surface area contributed by atoms with Crippen LogP contribution in [-0.2, 0) is 6.42 Å². The number of hydrogen-bond acceptors (Lipinski definition) is 3. The third-order valence-corrected chi connectivity index (χ3v) is 2.79. The molecule has 0 amide bonds. The molecule has 1 aromatic heterocycles. The summed E-state index contributed by atoms with van der Waals surface area (Å²) in [6, 6.07) is 12.5.